The molecule has 0 unspecified atom stereocenters. The first-order valence-corrected chi connectivity index (χ1v) is 7.47. The highest BCUT2D eigenvalue weighted by Gasteiger charge is 2.34. The van der Waals surface area contributed by atoms with Crippen molar-refractivity contribution < 1.29 is 16.8 Å². The molecule has 1 aliphatic heterocycles. The average Bonchev–Trinajstić information content (AvgIpc) is 2.14. The molecule has 86 valence electrons. The Morgan fingerprint density at radius 2 is 1.88 bits per heavy atom. The van der Waals surface area contributed by atoms with E-state index in [9.17, 15) is 16.8 Å². The van der Waals surface area contributed by atoms with Gasteiger partial charge in [0.15, 0.2) is 0 Å². The van der Waals surface area contributed by atoms with Crippen LogP contribution in [0.2, 0.25) is 0 Å². The van der Waals surface area contributed by atoms with E-state index in [1.807, 2.05) is 0 Å². The molecule has 8 heteroatoms. The quantitative estimate of drug-likeness (QED) is 0.718. The molecule has 1 aromatic rings. The molecule has 6 nitrogen and oxygen atoms in total. The van der Waals surface area contributed by atoms with Gasteiger partial charge in [-0.05, 0) is 6.07 Å². The number of sulfonamides is 1. The van der Waals surface area contributed by atoms with E-state index in [0.717, 1.165) is 12.5 Å². The zero-order valence-corrected chi connectivity index (χ0v) is 9.86. The van der Waals surface area contributed by atoms with Crippen LogP contribution in [0.25, 0.3) is 0 Å². The van der Waals surface area contributed by atoms with Gasteiger partial charge in [0.25, 0.3) is 0 Å². The van der Waals surface area contributed by atoms with Gasteiger partial charge in [-0.25, -0.2) is 8.42 Å². The Kier molecular flexibility index (Phi) is 2.28. The SMILES string of the molecule is CS(=O)(=O)N1c2ccccc2C=NS1(=O)=O. The molecule has 0 amide bonds. The van der Waals surface area contributed by atoms with Gasteiger partial charge in [0, 0.05) is 5.56 Å². The third-order valence-corrected chi connectivity index (χ3v) is 5.13. The molecular weight excluding hydrogens is 252 g/mol. The van der Waals surface area contributed by atoms with Crippen LogP contribution in [-0.2, 0) is 20.2 Å². The van der Waals surface area contributed by atoms with Crippen molar-refractivity contribution in [2.24, 2.45) is 4.40 Å². The Morgan fingerprint density at radius 1 is 1.25 bits per heavy atom. The molecule has 0 bridgehead atoms. The van der Waals surface area contributed by atoms with Gasteiger partial charge in [-0.15, -0.1) is 3.71 Å². The third kappa shape index (κ3) is 1.69. The maximum absolute atomic E-state index is 11.5. The lowest BCUT2D eigenvalue weighted by molar-refractivity contribution is 0.588. The van der Waals surface area contributed by atoms with E-state index in [-0.39, 0.29) is 5.69 Å². The zero-order valence-electron chi connectivity index (χ0n) is 8.23. The smallest absolute Gasteiger partial charge is 0.206 e. The van der Waals surface area contributed by atoms with E-state index in [2.05, 4.69) is 4.40 Å². The van der Waals surface area contributed by atoms with Gasteiger partial charge >= 0.3 is 10.2 Å². The highest BCUT2D eigenvalue weighted by atomic mass is 32.3. The van der Waals surface area contributed by atoms with Gasteiger partial charge in [0.05, 0.1) is 18.2 Å². The first-order valence-electron chi connectivity index (χ1n) is 4.22. The minimum atomic E-state index is -4.18. The number of para-hydroxylation sites is 1. The molecule has 1 aliphatic rings. The summed E-state index contributed by atoms with van der Waals surface area (Å²) in [6.45, 7) is 0. The first kappa shape index (κ1) is 11.1. The number of nitrogens with zero attached hydrogens (tertiary/aromatic N) is 2. The summed E-state index contributed by atoms with van der Waals surface area (Å²) < 4.78 is 49.5. The molecule has 0 fully saturated rings. The van der Waals surface area contributed by atoms with Crippen molar-refractivity contribution in [1.82, 2.24) is 0 Å². The topological polar surface area (TPSA) is 83.9 Å². The van der Waals surface area contributed by atoms with Crippen LogP contribution in [0, 0.1) is 0 Å². The largest absolute Gasteiger partial charge is 0.357 e. The lowest BCUT2D eigenvalue weighted by atomic mass is 10.2. The summed E-state index contributed by atoms with van der Waals surface area (Å²) in [5, 5.41) is 0. The number of anilines is 1. The molecule has 0 radical (unpaired) electrons. The molecule has 0 spiro atoms. The molecule has 0 aliphatic carbocycles. The van der Waals surface area contributed by atoms with Gasteiger partial charge < -0.3 is 0 Å². The fourth-order valence-corrected chi connectivity index (χ4v) is 4.16. The molecule has 1 heterocycles. The highest BCUT2D eigenvalue weighted by molar-refractivity contribution is 8.09. The van der Waals surface area contributed by atoms with Crippen LogP contribution in [0.15, 0.2) is 28.7 Å². The second-order valence-electron chi connectivity index (χ2n) is 3.23. The van der Waals surface area contributed by atoms with Crippen molar-refractivity contribution in [3.8, 4) is 0 Å². The Morgan fingerprint density at radius 3 is 2.50 bits per heavy atom. The predicted molar refractivity (Wildman–Crippen MR) is 60.3 cm³/mol. The van der Waals surface area contributed by atoms with Crippen molar-refractivity contribution in [1.29, 1.82) is 0 Å². The predicted octanol–water partition coefficient (Wildman–Crippen LogP) is 0.130. The van der Waals surface area contributed by atoms with Crippen LogP contribution in [0.5, 0.6) is 0 Å². The molecule has 0 aromatic heterocycles. The highest BCUT2D eigenvalue weighted by Crippen LogP contribution is 2.28. The Balaban J connectivity index is 2.80. The Bertz CT molecular complexity index is 661. The van der Waals surface area contributed by atoms with E-state index in [0.29, 0.717) is 9.27 Å². The van der Waals surface area contributed by atoms with Crippen molar-refractivity contribution in [3.63, 3.8) is 0 Å². The second kappa shape index (κ2) is 3.29. The number of hydrogen-bond acceptors (Lipinski definition) is 4. The van der Waals surface area contributed by atoms with E-state index in [1.54, 1.807) is 18.2 Å². The van der Waals surface area contributed by atoms with E-state index in [1.165, 1.54) is 6.07 Å². The van der Waals surface area contributed by atoms with Crippen LogP contribution in [0.1, 0.15) is 5.56 Å². The van der Waals surface area contributed by atoms with Gasteiger partial charge in [0.1, 0.15) is 0 Å². The second-order valence-corrected chi connectivity index (χ2v) is 6.77. The summed E-state index contributed by atoms with van der Waals surface area (Å²) in [5.74, 6) is 0. The van der Waals surface area contributed by atoms with E-state index >= 15 is 0 Å². The molecular formula is C8H8N2O4S2. The molecule has 0 saturated heterocycles. The van der Waals surface area contributed by atoms with Crippen molar-refractivity contribution in [3.05, 3.63) is 29.8 Å². The Labute approximate surface area is 93.5 Å². The average molecular weight is 260 g/mol. The summed E-state index contributed by atoms with van der Waals surface area (Å²) in [6, 6.07) is 6.24. The molecule has 2 rings (SSSR count). The van der Waals surface area contributed by atoms with E-state index in [4.69, 9.17) is 0 Å². The lowest BCUT2D eigenvalue weighted by Crippen LogP contribution is -2.37. The molecule has 0 atom stereocenters. The van der Waals surface area contributed by atoms with Crippen molar-refractivity contribution >= 4 is 32.1 Å². The summed E-state index contributed by atoms with van der Waals surface area (Å²) in [5.41, 5.74) is 0.544. The van der Waals surface area contributed by atoms with E-state index < -0.39 is 20.2 Å². The van der Waals surface area contributed by atoms with Crippen LogP contribution >= 0.6 is 0 Å². The minimum Gasteiger partial charge on any atom is -0.206 e. The first-order chi connectivity index (χ1) is 7.32. The number of rotatable bonds is 1. The normalized spacial score (nSPS) is 18.2. The zero-order chi connectivity index (χ0) is 12.0. The van der Waals surface area contributed by atoms with Crippen LogP contribution in [0.4, 0.5) is 5.69 Å². The third-order valence-electron chi connectivity index (χ3n) is 1.97. The standard InChI is InChI=1S/C8H8N2O4S2/c1-15(11,12)10-8-5-3-2-4-7(8)6-9-16(10,13)14/h2-6H,1H3. The minimum absolute atomic E-state index is 0.0972. The number of benzene rings is 1. The maximum Gasteiger partial charge on any atom is 0.357 e. The van der Waals surface area contributed by atoms with Crippen LogP contribution in [-0.4, -0.2) is 29.3 Å². The van der Waals surface area contributed by atoms with Gasteiger partial charge in [-0.2, -0.15) is 12.8 Å². The maximum atomic E-state index is 11.5. The fourth-order valence-electron chi connectivity index (χ4n) is 1.40. The fraction of sp³-hybridized carbons (Fsp3) is 0.125. The number of fused-ring (bicyclic) bond motifs is 1. The van der Waals surface area contributed by atoms with Gasteiger partial charge in [0.2, 0.25) is 10.0 Å². The summed E-state index contributed by atoms with van der Waals surface area (Å²) >= 11 is 0. The molecule has 0 N–H and O–H groups in total. The number of hydrogen-bond donors (Lipinski definition) is 0. The van der Waals surface area contributed by atoms with Gasteiger partial charge in [-0.3, -0.25) is 0 Å². The monoisotopic (exact) mass is 260 g/mol. The van der Waals surface area contributed by atoms with Crippen molar-refractivity contribution in [2.75, 3.05) is 9.97 Å². The van der Waals surface area contributed by atoms with Crippen LogP contribution < -0.4 is 3.71 Å². The summed E-state index contributed by atoms with van der Waals surface area (Å²) in [6.07, 6.45) is 1.95. The van der Waals surface area contributed by atoms with Crippen molar-refractivity contribution in [2.45, 2.75) is 0 Å². The summed E-state index contributed by atoms with van der Waals surface area (Å²) in [7, 11) is -8.10. The molecule has 0 saturated carbocycles. The lowest BCUT2D eigenvalue weighted by Gasteiger charge is -2.23. The molecule has 1 aromatic carbocycles. The summed E-state index contributed by atoms with van der Waals surface area (Å²) in [4.78, 5) is 0. The Hall–Kier alpha value is -1.41. The van der Waals surface area contributed by atoms with Gasteiger partial charge in [-0.1, -0.05) is 18.2 Å². The van der Waals surface area contributed by atoms with Crippen LogP contribution in [0.3, 0.4) is 0 Å². The molecule has 16 heavy (non-hydrogen) atoms.